The van der Waals surface area contributed by atoms with Gasteiger partial charge in [0.25, 0.3) is 0 Å². The van der Waals surface area contributed by atoms with Gasteiger partial charge in [-0.05, 0) is 30.2 Å². The molecule has 0 unspecified atom stereocenters. The summed E-state index contributed by atoms with van der Waals surface area (Å²) in [5.74, 6) is -0.631. The molecule has 0 aliphatic heterocycles. The summed E-state index contributed by atoms with van der Waals surface area (Å²) in [6.45, 7) is 0.699. The Morgan fingerprint density at radius 1 is 0.971 bits per heavy atom. The third-order valence-electron chi connectivity index (χ3n) is 5.23. The topological polar surface area (TPSA) is 135 Å². The normalized spacial score (nSPS) is 13.3. The van der Waals surface area contributed by atoms with Gasteiger partial charge < -0.3 is 20.8 Å². The number of amides is 1. The van der Waals surface area contributed by atoms with Crippen molar-refractivity contribution in [1.29, 1.82) is 0 Å². The molecule has 8 nitrogen and oxygen atoms in total. The Morgan fingerprint density at radius 3 is 2.17 bits per heavy atom. The van der Waals surface area contributed by atoms with Crippen LogP contribution in [0.25, 0.3) is 33.0 Å². The molecule has 4 aromatic rings. The minimum Gasteiger partial charge on any atom is -0.324 e. The zero-order chi connectivity index (χ0) is 25.1. The van der Waals surface area contributed by atoms with Gasteiger partial charge in [0.1, 0.15) is 10.5 Å². The number of phosphoric ester groups is 1. The van der Waals surface area contributed by atoms with Crippen LogP contribution in [0.3, 0.4) is 0 Å². The lowest BCUT2D eigenvalue weighted by molar-refractivity contribution is -0.121. The minimum absolute atomic E-state index is 0.485. The lowest BCUT2D eigenvalue weighted by Gasteiger charge is -2.23. The van der Waals surface area contributed by atoms with Gasteiger partial charge >= 0.3 is 7.82 Å². The highest BCUT2D eigenvalue weighted by Crippen LogP contribution is 2.36. The van der Waals surface area contributed by atoms with E-state index in [9.17, 15) is 9.36 Å². The van der Waals surface area contributed by atoms with E-state index < -0.39 is 25.9 Å². The average Bonchev–Trinajstić information content (AvgIpc) is 3.34. The molecule has 3 aromatic carbocycles. The standard InChI is InChI=1S/C25H24N3O5PS/c1-25(26,16-33-34(30,31)32)24(29)27-21-13-11-19(12-14-21)22-15-35-23(28-22)20-9-7-18(8-10-20)17-5-3-2-4-6-17/h2-15H,16,26H2,1H3,(H,27,29)(H2,30,31,32)/t25-/m0/s1. The molecule has 180 valence electrons. The summed E-state index contributed by atoms with van der Waals surface area (Å²) in [6, 6.07) is 25.5. The molecule has 1 heterocycles. The molecule has 10 heteroatoms. The van der Waals surface area contributed by atoms with E-state index in [2.05, 4.69) is 46.2 Å². The number of aromatic nitrogens is 1. The maximum Gasteiger partial charge on any atom is 0.469 e. The van der Waals surface area contributed by atoms with Crippen LogP contribution in [0.15, 0.2) is 84.2 Å². The molecule has 1 atom stereocenters. The number of hydrogen-bond acceptors (Lipinski definition) is 6. The number of nitrogens with two attached hydrogens (primary N) is 1. The molecule has 0 bridgehead atoms. The highest BCUT2D eigenvalue weighted by atomic mass is 32.1. The Hall–Kier alpha value is -3.17. The van der Waals surface area contributed by atoms with Crippen molar-refractivity contribution in [2.45, 2.75) is 12.5 Å². The molecule has 0 radical (unpaired) electrons. The number of carbonyl (C=O) groups is 1. The fraction of sp³-hybridized carbons (Fsp3) is 0.120. The van der Waals surface area contributed by atoms with Gasteiger partial charge in [0, 0.05) is 22.2 Å². The van der Waals surface area contributed by atoms with Gasteiger partial charge in [0.05, 0.1) is 12.3 Å². The second-order valence-electron chi connectivity index (χ2n) is 8.19. The fourth-order valence-electron chi connectivity index (χ4n) is 3.26. The molecule has 35 heavy (non-hydrogen) atoms. The number of nitrogens with zero attached hydrogens (tertiary/aromatic N) is 1. The van der Waals surface area contributed by atoms with Gasteiger partial charge in [-0.1, -0.05) is 66.7 Å². The monoisotopic (exact) mass is 509 g/mol. The second-order valence-corrected chi connectivity index (χ2v) is 10.3. The van der Waals surface area contributed by atoms with Crippen molar-refractivity contribution in [3.05, 3.63) is 84.2 Å². The maximum absolute atomic E-state index is 12.4. The second kappa shape index (κ2) is 10.2. The van der Waals surface area contributed by atoms with E-state index in [1.807, 2.05) is 35.7 Å². The number of nitrogens with one attached hydrogen (secondary N) is 1. The Labute approximate surface area is 206 Å². The Balaban J connectivity index is 1.42. The lowest BCUT2D eigenvalue weighted by atomic mass is 10.0. The summed E-state index contributed by atoms with van der Waals surface area (Å²) in [5, 5.41) is 5.51. The van der Waals surface area contributed by atoms with Gasteiger partial charge in [-0.15, -0.1) is 11.3 Å². The zero-order valence-electron chi connectivity index (χ0n) is 18.8. The van der Waals surface area contributed by atoms with E-state index in [4.69, 9.17) is 20.5 Å². The van der Waals surface area contributed by atoms with Gasteiger partial charge in [-0.3, -0.25) is 9.32 Å². The maximum atomic E-state index is 12.4. The van der Waals surface area contributed by atoms with E-state index in [0.717, 1.165) is 33.0 Å². The summed E-state index contributed by atoms with van der Waals surface area (Å²) < 4.78 is 15.2. The third-order valence-corrected chi connectivity index (χ3v) is 6.59. The van der Waals surface area contributed by atoms with Crippen LogP contribution in [0.2, 0.25) is 0 Å². The number of anilines is 1. The van der Waals surface area contributed by atoms with Gasteiger partial charge in [0.15, 0.2) is 0 Å². The first-order chi connectivity index (χ1) is 16.6. The molecular weight excluding hydrogens is 485 g/mol. The highest BCUT2D eigenvalue weighted by Gasteiger charge is 2.32. The number of phosphoric acid groups is 1. The molecule has 5 N–H and O–H groups in total. The SMILES string of the molecule is C[C@](N)(COP(=O)(O)O)C(=O)Nc1ccc(-c2csc(-c3ccc(-c4ccccc4)cc3)n2)cc1. The van der Waals surface area contributed by atoms with Crippen LogP contribution in [-0.2, 0) is 13.9 Å². The summed E-state index contributed by atoms with van der Waals surface area (Å²) in [6.07, 6.45) is 0. The number of carbonyl (C=O) groups excluding carboxylic acids is 1. The van der Waals surface area contributed by atoms with Crippen molar-refractivity contribution < 1.29 is 23.7 Å². The molecule has 0 saturated heterocycles. The Morgan fingerprint density at radius 2 is 1.54 bits per heavy atom. The smallest absolute Gasteiger partial charge is 0.324 e. The summed E-state index contributed by atoms with van der Waals surface area (Å²) in [7, 11) is -4.73. The number of thiazole rings is 1. The Kier molecular flexibility index (Phi) is 7.28. The molecular formula is C25H24N3O5PS. The first kappa shape index (κ1) is 24.9. The molecule has 0 aliphatic carbocycles. The van der Waals surface area contributed by atoms with Crippen LogP contribution in [0, 0.1) is 0 Å². The van der Waals surface area contributed by atoms with E-state index in [0.29, 0.717) is 5.69 Å². The van der Waals surface area contributed by atoms with E-state index in [1.165, 1.54) is 6.92 Å². The summed E-state index contributed by atoms with van der Waals surface area (Å²) >= 11 is 1.55. The van der Waals surface area contributed by atoms with Crippen molar-refractivity contribution in [2.75, 3.05) is 11.9 Å². The van der Waals surface area contributed by atoms with E-state index in [1.54, 1.807) is 23.5 Å². The van der Waals surface area contributed by atoms with Gasteiger partial charge in [0.2, 0.25) is 5.91 Å². The van der Waals surface area contributed by atoms with Crippen LogP contribution in [0.5, 0.6) is 0 Å². The van der Waals surface area contributed by atoms with Crippen LogP contribution in [0.1, 0.15) is 6.92 Å². The average molecular weight is 510 g/mol. The molecule has 0 saturated carbocycles. The van der Waals surface area contributed by atoms with E-state index >= 15 is 0 Å². The summed E-state index contributed by atoms with van der Waals surface area (Å²) in [4.78, 5) is 34.8. The van der Waals surface area contributed by atoms with Crippen molar-refractivity contribution in [2.24, 2.45) is 5.73 Å². The predicted molar refractivity (Wildman–Crippen MR) is 138 cm³/mol. The van der Waals surface area contributed by atoms with Crippen molar-refractivity contribution >= 4 is 30.8 Å². The molecule has 1 aromatic heterocycles. The quantitative estimate of drug-likeness (QED) is 0.248. The largest absolute Gasteiger partial charge is 0.469 e. The number of hydrogen-bond donors (Lipinski definition) is 4. The van der Waals surface area contributed by atoms with E-state index in [-0.39, 0.29) is 0 Å². The first-order valence-electron chi connectivity index (χ1n) is 10.6. The fourth-order valence-corrected chi connectivity index (χ4v) is 4.53. The van der Waals surface area contributed by atoms with Crippen molar-refractivity contribution in [1.82, 2.24) is 4.98 Å². The van der Waals surface area contributed by atoms with Crippen molar-refractivity contribution in [3.8, 4) is 33.0 Å². The molecule has 0 spiro atoms. The first-order valence-corrected chi connectivity index (χ1v) is 13.0. The number of benzene rings is 3. The van der Waals surface area contributed by atoms with Crippen LogP contribution < -0.4 is 11.1 Å². The van der Waals surface area contributed by atoms with Crippen LogP contribution >= 0.6 is 19.2 Å². The molecule has 0 aliphatic rings. The zero-order valence-corrected chi connectivity index (χ0v) is 20.5. The molecule has 0 fully saturated rings. The van der Waals surface area contributed by atoms with Gasteiger partial charge in [-0.2, -0.15) is 0 Å². The third kappa shape index (κ3) is 6.49. The Bertz CT molecular complexity index is 1350. The molecule has 1 amide bonds. The summed E-state index contributed by atoms with van der Waals surface area (Å²) in [5.41, 5.74) is 9.74. The molecule has 4 rings (SSSR count). The van der Waals surface area contributed by atoms with Crippen LogP contribution in [0.4, 0.5) is 5.69 Å². The van der Waals surface area contributed by atoms with Gasteiger partial charge in [-0.25, -0.2) is 9.55 Å². The van der Waals surface area contributed by atoms with Crippen LogP contribution in [-0.4, -0.2) is 32.8 Å². The highest BCUT2D eigenvalue weighted by molar-refractivity contribution is 7.46. The minimum atomic E-state index is -4.73. The lowest BCUT2D eigenvalue weighted by Crippen LogP contribution is -2.52. The number of rotatable bonds is 8. The van der Waals surface area contributed by atoms with Crippen molar-refractivity contribution in [3.63, 3.8) is 0 Å². The predicted octanol–water partition coefficient (Wildman–Crippen LogP) is 4.91.